The van der Waals surface area contributed by atoms with Gasteiger partial charge in [0.05, 0.1) is 19.3 Å². The molecule has 0 bridgehead atoms. The average Bonchev–Trinajstić information content (AvgIpc) is 2.27. The number of hydrogen-bond donors (Lipinski definition) is 2. The van der Waals surface area contributed by atoms with Crippen LogP contribution in [0, 0.1) is 0 Å². The summed E-state index contributed by atoms with van der Waals surface area (Å²) in [6, 6.07) is 0. The first-order chi connectivity index (χ1) is 8.81. The minimum Gasteiger partial charge on any atom is -0.368 e. The number of likely N-dealkylation sites (N-methyl/N-ethyl adjacent to an activating group) is 2. The van der Waals surface area contributed by atoms with E-state index in [2.05, 4.69) is 9.97 Å². The lowest BCUT2D eigenvalue weighted by atomic mass is 10.4. The zero-order valence-electron chi connectivity index (χ0n) is 10.6. The number of amides is 2. The van der Waals surface area contributed by atoms with Crippen molar-refractivity contribution in [3.8, 4) is 0 Å². The van der Waals surface area contributed by atoms with E-state index in [4.69, 9.17) is 23.1 Å². The van der Waals surface area contributed by atoms with Gasteiger partial charge in [0.1, 0.15) is 5.02 Å². The normalized spacial score (nSPS) is 10.1. The van der Waals surface area contributed by atoms with Crippen LogP contribution in [0.1, 0.15) is 0 Å². The molecule has 0 radical (unpaired) electrons. The number of anilines is 2. The van der Waals surface area contributed by atoms with Crippen molar-refractivity contribution in [2.24, 2.45) is 11.5 Å². The van der Waals surface area contributed by atoms with Crippen LogP contribution in [0.4, 0.5) is 11.8 Å². The molecule has 0 saturated heterocycles. The highest BCUT2D eigenvalue weighted by Gasteiger charge is 2.14. The van der Waals surface area contributed by atoms with E-state index >= 15 is 0 Å². The van der Waals surface area contributed by atoms with E-state index in [0.29, 0.717) is 5.82 Å². The highest BCUT2D eigenvalue weighted by molar-refractivity contribution is 6.32. The number of halogens is 1. The smallest absolute Gasteiger partial charge is 0.237 e. The number of nitrogens with two attached hydrogens (primary N) is 2. The van der Waals surface area contributed by atoms with Crippen LogP contribution < -0.4 is 21.3 Å². The molecule has 0 atom stereocenters. The van der Waals surface area contributed by atoms with Gasteiger partial charge in [-0.3, -0.25) is 9.59 Å². The molecule has 1 aromatic rings. The fourth-order valence-electron chi connectivity index (χ4n) is 1.41. The predicted molar refractivity (Wildman–Crippen MR) is 72.0 cm³/mol. The van der Waals surface area contributed by atoms with Gasteiger partial charge < -0.3 is 21.3 Å². The van der Waals surface area contributed by atoms with Gasteiger partial charge in [-0.1, -0.05) is 11.6 Å². The molecule has 19 heavy (non-hydrogen) atoms. The number of aromatic nitrogens is 2. The van der Waals surface area contributed by atoms with Crippen molar-refractivity contribution in [2.75, 3.05) is 37.0 Å². The van der Waals surface area contributed by atoms with Crippen molar-refractivity contribution in [2.45, 2.75) is 0 Å². The Hall–Kier alpha value is -2.09. The Bertz CT molecular complexity index is 495. The molecular formula is C10H15ClN6O2. The lowest BCUT2D eigenvalue weighted by Crippen LogP contribution is -2.33. The van der Waals surface area contributed by atoms with Gasteiger partial charge in [0.2, 0.25) is 17.8 Å². The van der Waals surface area contributed by atoms with Crippen molar-refractivity contribution in [3.05, 3.63) is 11.2 Å². The summed E-state index contributed by atoms with van der Waals surface area (Å²) in [5, 5.41) is 0.278. The molecule has 0 aromatic carbocycles. The van der Waals surface area contributed by atoms with Crippen molar-refractivity contribution in [1.82, 2.24) is 9.97 Å². The average molecular weight is 287 g/mol. The first kappa shape index (κ1) is 15.0. The monoisotopic (exact) mass is 286 g/mol. The molecule has 1 aromatic heterocycles. The van der Waals surface area contributed by atoms with E-state index < -0.39 is 11.8 Å². The molecule has 104 valence electrons. The summed E-state index contributed by atoms with van der Waals surface area (Å²) in [6.07, 6.45) is 1.38. The zero-order chi connectivity index (χ0) is 14.6. The summed E-state index contributed by atoms with van der Waals surface area (Å²) in [7, 11) is 3.24. The number of primary amides is 2. The molecule has 1 heterocycles. The zero-order valence-corrected chi connectivity index (χ0v) is 11.4. The number of rotatable bonds is 6. The third kappa shape index (κ3) is 4.25. The third-order valence-corrected chi connectivity index (χ3v) is 2.47. The van der Waals surface area contributed by atoms with Crippen LogP contribution >= 0.6 is 11.6 Å². The second-order valence-electron chi connectivity index (χ2n) is 3.99. The van der Waals surface area contributed by atoms with E-state index in [0.717, 1.165) is 0 Å². The summed E-state index contributed by atoms with van der Waals surface area (Å²) in [5.41, 5.74) is 10.2. The van der Waals surface area contributed by atoms with Gasteiger partial charge in [0, 0.05) is 14.1 Å². The topological polar surface area (TPSA) is 118 Å². The van der Waals surface area contributed by atoms with Crippen molar-refractivity contribution in [1.29, 1.82) is 0 Å². The van der Waals surface area contributed by atoms with E-state index in [1.54, 1.807) is 14.1 Å². The van der Waals surface area contributed by atoms with Crippen LogP contribution in [0.25, 0.3) is 0 Å². The molecule has 4 N–H and O–H groups in total. The van der Waals surface area contributed by atoms with Crippen LogP contribution in [0.2, 0.25) is 5.02 Å². The van der Waals surface area contributed by atoms with Crippen LogP contribution in [-0.2, 0) is 9.59 Å². The molecule has 2 amide bonds. The van der Waals surface area contributed by atoms with E-state index in [9.17, 15) is 9.59 Å². The number of nitrogens with zero attached hydrogens (tertiary/aromatic N) is 4. The molecule has 0 aliphatic rings. The first-order valence-corrected chi connectivity index (χ1v) is 5.70. The number of carbonyl (C=O) groups excluding carboxylic acids is 2. The molecule has 0 fully saturated rings. The quantitative estimate of drug-likeness (QED) is 0.690. The molecule has 9 heteroatoms. The maximum atomic E-state index is 10.9. The summed E-state index contributed by atoms with van der Waals surface area (Å²) in [6.45, 7) is -0.0592. The Labute approximate surface area is 115 Å². The molecule has 0 unspecified atom stereocenters. The summed E-state index contributed by atoms with van der Waals surface area (Å²) in [5.74, 6) is -0.395. The molecule has 0 aliphatic carbocycles. The van der Waals surface area contributed by atoms with Crippen molar-refractivity contribution in [3.63, 3.8) is 0 Å². The van der Waals surface area contributed by atoms with Crippen LogP contribution in [-0.4, -0.2) is 49.0 Å². The lowest BCUT2D eigenvalue weighted by Gasteiger charge is -2.20. The molecule has 1 rings (SSSR count). The Kier molecular flexibility index (Phi) is 4.87. The van der Waals surface area contributed by atoms with Gasteiger partial charge in [-0.05, 0) is 0 Å². The van der Waals surface area contributed by atoms with Gasteiger partial charge in [0.25, 0.3) is 0 Å². The molecule has 8 nitrogen and oxygen atoms in total. The van der Waals surface area contributed by atoms with Gasteiger partial charge in [0.15, 0.2) is 5.82 Å². The molecule has 0 saturated carbocycles. The van der Waals surface area contributed by atoms with Crippen LogP contribution in [0.5, 0.6) is 0 Å². The Balaban J connectivity index is 2.99. The van der Waals surface area contributed by atoms with Gasteiger partial charge in [-0.15, -0.1) is 0 Å². The molecular weight excluding hydrogens is 272 g/mol. The van der Waals surface area contributed by atoms with Gasteiger partial charge in [-0.25, -0.2) is 4.98 Å². The third-order valence-electron chi connectivity index (χ3n) is 2.20. The van der Waals surface area contributed by atoms with E-state index in [1.165, 1.54) is 16.0 Å². The summed E-state index contributed by atoms with van der Waals surface area (Å²) < 4.78 is 0. The Morgan fingerprint density at radius 3 is 2.26 bits per heavy atom. The van der Waals surface area contributed by atoms with Crippen molar-refractivity contribution < 1.29 is 9.59 Å². The largest absolute Gasteiger partial charge is 0.368 e. The Morgan fingerprint density at radius 2 is 1.74 bits per heavy atom. The Morgan fingerprint density at radius 1 is 1.21 bits per heavy atom. The minimum atomic E-state index is -0.510. The first-order valence-electron chi connectivity index (χ1n) is 5.32. The molecule has 0 spiro atoms. The lowest BCUT2D eigenvalue weighted by molar-refractivity contribution is -0.117. The van der Waals surface area contributed by atoms with Crippen LogP contribution in [0.3, 0.4) is 0 Å². The summed E-state index contributed by atoms with van der Waals surface area (Å²) in [4.78, 5) is 32.8. The van der Waals surface area contributed by atoms with Gasteiger partial charge >= 0.3 is 0 Å². The summed E-state index contributed by atoms with van der Waals surface area (Å²) >= 11 is 5.96. The number of carbonyl (C=O) groups is 2. The number of hydrogen-bond acceptors (Lipinski definition) is 6. The van der Waals surface area contributed by atoms with E-state index in [-0.39, 0.29) is 24.1 Å². The fourth-order valence-corrected chi connectivity index (χ4v) is 1.65. The maximum Gasteiger partial charge on any atom is 0.237 e. The minimum absolute atomic E-state index is 0.0272. The second kappa shape index (κ2) is 6.19. The highest BCUT2D eigenvalue weighted by atomic mass is 35.5. The van der Waals surface area contributed by atoms with Gasteiger partial charge in [-0.2, -0.15) is 4.98 Å². The fraction of sp³-hybridized carbons (Fsp3) is 0.400. The maximum absolute atomic E-state index is 10.9. The van der Waals surface area contributed by atoms with E-state index in [1.807, 2.05) is 0 Å². The second-order valence-corrected chi connectivity index (χ2v) is 4.39. The van der Waals surface area contributed by atoms with Crippen molar-refractivity contribution >= 4 is 35.2 Å². The highest BCUT2D eigenvalue weighted by Crippen LogP contribution is 2.23. The standard InChI is InChI=1S/C10H15ClN6O2/c1-16(4-7(12)18)9-6(11)3-14-10(15-9)17(2)5-8(13)19/h3H,4-5H2,1-2H3,(H2,12,18)(H2,13,19). The predicted octanol–water partition coefficient (Wildman–Crippen LogP) is -1.03. The molecule has 0 aliphatic heterocycles. The van der Waals surface area contributed by atoms with Crippen LogP contribution in [0.15, 0.2) is 6.20 Å². The SMILES string of the molecule is CN(CC(N)=O)c1ncc(Cl)c(N(C)CC(N)=O)n1.